The first-order valence-electron chi connectivity index (χ1n) is 11.7. The van der Waals surface area contributed by atoms with Crippen molar-refractivity contribution in [1.82, 2.24) is 16.0 Å². The lowest BCUT2D eigenvalue weighted by Crippen LogP contribution is -2.59. The van der Waals surface area contributed by atoms with E-state index in [0.717, 1.165) is 0 Å². The predicted molar refractivity (Wildman–Crippen MR) is 130 cm³/mol. The maximum absolute atomic E-state index is 13.2. The molecule has 0 aromatic heterocycles. The molecule has 0 aliphatic rings. The number of hydrogen-bond donors (Lipinski definition) is 7. The Kier molecular flexibility index (Phi) is 11.8. The van der Waals surface area contributed by atoms with E-state index in [4.69, 9.17) is 10.8 Å². The number of aromatic hydroxyl groups is 1. The lowest BCUT2D eigenvalue weighted by molar-refractivity contribution is -0.147. The molecule has 12 heteroatoms. The van der Waals surface area contributed by atoms with Crippen LogP contribution in [0.2, 0.25) is 0 Å². The number of aliphatic carboxylic acids is 2. The van der Waals surface area contributed by atoms with Crippen LogP contribution in [0.1, 0.15) is 46.1 Å². The zero-order valence-electron chi connectivity index (χ0n) is 20.9. The molecule has 1 rings (SSSR count). The van der Waals surface area contributed by atoms with Crippen LogP contribution in [0.15, 0.2) is 24.3 Å². The molecule has 0 radical (unpaired) electrons. The lowest BCUT2D eigenvalue weighted by Gasteiger charge is -2.27. The average Bonchev–Trinajstić information content (AvgIpc) is 2.80. The van der Waals surface area contributed by atoms with Crippen molar-refractivity contribution in [2.24, 2.45) is 17.6 Å². The molecule has 0 saturated heterocycles. The molecule has 0 aliphatic carbocycles. The molecule has 0 saturated carbocycles. The Balaban J connectivity index is 3.13. The van der Waals surface area contributed by atoms with Crippen molar-refractivity contribution in [3.8, 4) is 5.75 Å². The number of nitrogens with two attached hydrogens (primary N) is 1. The summed E-state index contributed by atoms with van der Waals surface area (Å²) in [5.74, 6) is -5.72. The molecule has 8 N–H and O–H groups in total. The smallest absolute Gasteiger partial charge is 0.326 e. The Morgan fingerprint density at radius 3 is 1.89 bits per heavy atom. The van der Waals surface area contributed by atoms with Crippen LogP contribution in [0, 0.1) is 11.8 Å². The molecule has 0 heterocycles. The number of amides is 3. The molecular formula is C24H36N4O8. The highest BCUT2D eigenvalue weighted by molar-refractivity contribution is 5.95. The fraction of sp³-hybridized carbons (Fsp3) is 0.542. The van der Waals surface area contributed by atoms with Crippen molar-refractivity contribution >= 4 is 29.7 Å². The number of carboxylic acid groups (broad SMARTS) is 2. The number of benzene rings is 1. The second-order valence-corrected chi connectivity index (χ2v) is 9.07. The van der Waals surface area contributed by atoms with Gasteiger partial charge in [0.05, 0.1) is 12.5 Å². The second-order valence-electron chi connectivity index (χ2n) is 9.07. The van der Waals surface area contributed by atoms with E-state index in [2.05, 4.69) is 16.0 Å². The number of carbonyl (C=O) groups excluding carboxylic acids is 3. The van der Waals surface area contributed by atoms with Crippen LogP contribution in [-0.2, 0) is 30.4 Å². The first-order valence-corrected chi connectivity index (χ1v) is 11.7. The van der Waals surface area contributed by atoms with Crippen molar-refractivity contribution in [2.45, 2.75) is 71.1 Å². The second kappa shape index (κ2) is 14.0. The topological polar surface area (TPSA) is 208 Å². The van der Waals surface area contributed by atoms with Gasteiger partial charge in [0.15, 0.2) is 0 Å². The predicted octanol–water partition coefficient (Wildman–Crippen LogP) is -0.0222. The molecule has 5 unspecified atom stereocenters. The van der Waals surface area contributed by atoms with Gasteiger partial charge in [-0.15, -0.1) is 0 Å². The normalized spacial score (nSPS) is 15.2. The molecule has 12 nitrogen and oxygen atoms in total. The van der Waals surface area contributed by atoms with Crippen molar-refractivity contribution in [3.63, 3.8) is 0 Å². The molecular weight excluding hydrogens is 472 g/mol. The van der Waals surface area contributed by atoms with Crippen LogP contribution >= 0.6 is 0 Å². The summed E-state index contributed by atoms with van der Waals surface area (Å²) < 4.78 is 0. The van der Waals surface area contributed by atoms with Gasteiger partial charge in [-0.1, -0.05) is 46.2 Å². The maximum Gasteiger partial charge on any atom is 0.326 e. The van der Waals surface area contributed by atoms with E-state index in [-0.39, 0.29) is 18.1 Å². The van der Waals surface area contributed by atoms with Crippen molar-refractivity contribution in [1.29, 1.82) is 0 Å². The molecule has 1 aromatic carbocycles. The fourth-order valence-corrected chi connectivity index (χ4v) is 3.28. The highest BCUT2D eigenvalue weighted by atomic mass is 16.4. The van der Waals surface area contributed by atoms with Crippen molar-refractivity contribution < 1.29 is 39.3 Å². The van der Waals surface area contributed by atoms with Crippen LogP contribution in [0.25, 0.3) is 0 Å². The van der Waals surface area contributed by atoms with Gasteiger partial charge in [0, 0.05) is 6.42 Å². The number of nitrogens with one attached hydrogen (secondary N) is 3. The summed E-state index contributed by atoms with van der Waals surface area (Å²) in [6.45, 7) is 6.90. The summed E-state index contributed by atoms with van der Waals surface area (Å²) >= 11 is 0. The van der Waals surface area contributed by atoms with Gasteiger partial charge in [-0.25, -0.2) is 4.79 Å². The molecule has 36 heavy (non-hydrogen) atoms. The number of hydrogen-bond acceptors (Lipinski definition) is 7. The van der Waals surface area contributed by atoms with Gasteiger partial charge < -0.3 is 37.0 Å². The standard InChI is InChI=1S/C24H36N4O8/c1-5-13(4)19(25)22(33)26-16(10-14-6-8-15(29)9-7-14)21(32)28-20(12(2)3)23(34)27-17(24(35)36)11-18(30)31/h6-9,12-13,16-17,19-20,29H,5,10-11,25H2,1-4H3,(H,26,33)(H,27,34)(H,28,32)(H,30,31)(H,35,36). The Bertz CT molecular complexity index is 935. The highest BCUT2D eigenvalue weighted by Gasteiger charge is 2.33. The molecule has 1 aromatic rings. The van der Waals surface area contributed by atoms with E-state index in [1.54, 1.807) is 32.9 Å². The van der Waals surface area contributed by atoms with Gasteiger partial charge in [-0.05, 0) is 29.5 Å². The monoisotopic (exact) mass is 508 g/mol. The van der Waals surface area contributed by atoms with Crippen molar-refractivity contribution in [2.75, 3.05) is 0 Å². The minimum absolute atomic E-state index is 0.0217. The van der Waals surface area contributed by atoms with E-state index < -0.39 is 66.2 Å². The van der Waals surface area contributed by atoms with E-state index in [9.17, 15) is 34.2 Å². The summed E-state index contributed by atoms with van der Waals surface area (Å²) in [4.78, 5) is 61.0. The van der Waals surface area contributed by atoms with Gasteiger partial charge in [-0.2, -0.15) is 0 Å². The number of phenolic OH excluding ortho intramolecular Hbond substituents is 1. The number of phenols is 1. The Morgan fingerprint density at radius 1 is 0.861 bits per heavy atom. The lowest BCUT2D eigenvalue weighted by atomic mass is 9.97. The Hall–Kier alpha value is -3.67. The Morgan fingerprint density at radius 2 is 1.42 bits per heavy atom. The summed E-state index contributed by atoms with van der Waals surface area (Å²) in [6, 6.07) is 1.09. The van der Waals surface area contributed by atoms with Gasteiger partial charge >= 0.3 is 11.9 Å². The van der Waals surface area contributed by atoms with E-state index >= 15 is 0 Å². The summed E-state index contributed by atoms with van der Waals surface area (Å²) in [6.07, 6.45) is -0.179. The molecule has 0 fully saturated rings. The van der Waals surface area contributed by atoms with E-state index in [1.165, 1.54) is 12.1 Å². The molecule has 0 spiro atoms. The molecule has 200 valence electrons. The molecule has 3 amide bonds. The minimum atomic E-state index is -1.69. The van der Waals surface area contributed by atoms with Crippen LogP contribution in [0.4, 0.5) is 0 Å². The van der Waals surface area contributed by atoms with E-state index in [1.807, 2.05) is 6.92 Å². The average molecular weight is 509 g/mol. The van der Waals surface area contributed by atoms with Gasteiger partial charge in [0.1, 0.15) is 23.9 Å². The largest absolute Gasteiger partial charge is 0.508 e. The quantitative estimate of drug-likeness (QED) is 0.180. The highest BCUT2D eigenvalue weighted by Crippen LogP contribution is 2.13. The summed E-state index contributed by atoms with van der Waals surface area (Å²) in [5, 5.41) is 34.9. The molecule has 5 atom stereocenters. The van der Waals surface area contributed by atoms with Gasteiger partial charge in [-0.3, -0.25) is 19.2 Å². The summed E-state index contributed by atoms with van der Waals surface area (Å²) in [7, 11) is 0. The Labute approximate surface area is 209 Å². The summed E-state index contributed by atoms with van der Waals surface area (Å²) in [5.41, 5.74) is 6.62. The van der Waals surface area contributed by atoms with Gasteiger partial charge in [0.2, 0.25) is 17.7 Å². The van der Waals surface area contributed by atoms with Crippen LogP contribution in [-0.4, -0.2) is 69.1 Å². The molecule has 0 bridgehead atoms. The first kappa shape index (κ1) is 30.4. The third-order valence-electron chi connectivity index (χ3n) is 5.81. The van der Waals surface area contributed by atoms with Crippen LogP contribution in [0.3, 0.4) is 0 Å². The van der Waals surface area contributed by atoms with Crippen LogP contribution < -0.4 is 21.7 Å². The van der Waals surface area contributed by atoms with Crippen LogP contribution in [0.5, 0.6) is 5.75 Å². The number of rotatable bonds is 14. The first-order chi connectivity index (χ1) is 16.8. The van der Waals surface area contributed by atoms with Crippen molar-refractivity contribution in [3.05, 3.63) is 29.8 Å². The zero-order valence-corrected chi connectivity index (χ0v) is 20.9. The number of carbonyl (C=O) groups is 5. The maximum atomic E-state index is 13.2. The fourth-order valence-electron chi connectivity index (χ4n) is 3.28. The minimum Gasteiger partial charge on any atom is -0.508 e. The van der Waals surface area contributed by atoms with Gasteiger partial charge in [0.25, 0.3) is 0 Å². The van der Waals surface area contributed by atoms with E-state index in [0.29, 0.717) is 12.0 Å². The zero-order chi connectivity index (χ0) is 27.6. The molecule has 0 aliphatic heterocycles. The third kappa shape index (κ3) is 9.53. The third-order valence-corrected chi connectivity index (χ3v) is 5.81. The number of carboxylic acids is 2. The SMILES string of the molecule is CCC(C)C(N)C(=O)NC(Cc1ccc(O)cc1)C(=O)NC(C(=O)NC(CC(=O)O)C(=O)O)C(C)C.